The van der Waals surface area contributed by atoms with E-state index in [1.165, 1.54) is 18.2 Å². The van der Waals surface area contributed by atoms with Gasteiger partial charge < -0.3 is 5.11 Å². The molecule has 1 heterocycles. The van der Waals surface area contributed by atoms with Gasteiger partial charge in [0.25, 0.3) is 5.91 Å². The number of nitrogens with zero attached hydrogens (tertiary/aromatic N) is 4. The molecule has 0 saturated carbocycles. The lowest BCUT2D eigenvalue weighted by Gasteiger charge is -2.36. The Morgan fingerprint density at radius 1 is 1.29 bits per heavy atom. The Morgan fingerprint density at radius 3 is 2.55 bits per heavy atom. The van der Waals surface area contributed by atoms with Crippen LogP contribution in [0, 0.1) is 0 Å². The topological polar surface area (TPSA) is 59.4 Å². The van der Waals surface area contributed by atoms with Crippen LogP contribution in [0.25, 0.3) is 0 Å². The number of aliphatic hydroxyl groups is 1. The lowest BCUT2D eigenvalue weighted by molar-refractivity contribution is -0.183. The molecule has 1 aromatic rings. The second-order valence-corrected chi connectivity index (χ2v) is 8.14. The van der Waals surface area contributed by atoms with Crippen LogP contribution in [0.4, 0.5) is 13.2 Å². The van der Waals surface area contributed by atoms with Gasteiger partial charge in [-0.25, -0.2) is 4.90 Å². The SMILES string of the molecule is C=C1CN(C)/N=C(\CC)CCN(C(=O)c2ccc(Cl)c(Cl)c2)C(O)N(CC(F)(F)F)C1. The van der Waals surface area contributed by atoms with Gasteiger partial charge in [-0.3, -0.25) is 14.7 Å². The summed E-state index contributed by atoms with van der Waals surface area (Å²) in [5.74, 6) is -0.674. The van der Waals surface area contributed by atoms with Crippen LogP contribution in [0.15, 0.2) is 35.5 Å². The van der Waals surface area contributed by atoms with Gasteiger partial charge >= 0.3 is 6.18 Å². The van der Waals surface area contributed by atoms with E-state index in [9.17, 15) is 23.1 Å². The highest BCUT2D eigenvalue weighted by Gasteiger charge is 2.37. The van der Waals surface area contributed by atoms with Crippen molar-refractivity contribution in [2.75, 3.05) is 33.2 Å². The molecule has 6 nitrogen and oxygen atoms in total. The van der Waals surface area contributed by atoms with Crippen molar-refractivity contribution in [3.63, 3.8) is 0 Å². The van der Waals surface area contributed by atoms with E-state index in [2.05, 4.69) is 11.7 Å². The van der Waals surface area contributed by atoms with Gasteiger partial charge in [-0.1, -0.05) is 36.7 Å². The molecule has 1 unspecified atom stereocenters. The normalized spacial score (nSPS) is 21.5. The fourth-order valence-electron chi connectivity index (χ4n) is 3.25. The first-order valence-corrected chi connectivity index (χ1v) is 10.4. The molecule has 0 bridgehead atoms. The first kappa shape index (κ1) is 25.5. The number of carbonyl (C=O) groups excluding carboxylic acids is 1. The van der Waals surface area contributed by atoms with Crippen molar-refractivity contribution < 1.29 is 23.1 Å². The van der Waals surface area contributed by atoms with Gasteiger partial charge in [0.2, 0.25) is 0 Å². The predicted octanol–water partition coefficient (Wildman–Crippen LogP) is 4.23. The Balaban J connectivity index is 2.45. The highest BCUT2D eigenvalue weighted by atomic mass is 35.5. The molecule has 11 heteroatoms. The summed E-state index contributed by atoms with van der Waals surface area (Å²) in [6.45, 7) is 4.19. The summed E-state index contributed by atoms with van der Waals surface area (Å²) in [6, 6.07) is 4.14. The summed E-state index contributed by atoms with van der Waals surface area (Å²) < 4.78 is 39.7. The Bertz CT molecular complexity index is 848. The number of halogens is 5. The standard InChI is InChI=1S/C20H25Cl2F3N4O2/c1-4-15-7-8-29(18(30)14-5-6-16(21)17(22)9-14)19(31)28(12-20(23,24)25)11-13(2)10-27(3)26-15/h5-6,9,19,31H,2,4,7-8,10-12H2,1,3H3/b26-15+. The maximum atomic E-state index is 13.2. The van der Waals surface area contributed by atoms with E-state index in [0.29, 0.717) is 12.0 Å². The van der Waals surface area contributed by atoms with E-state index in [-0.39, 0.29) is 41.7 Å². The third kappa shape index (κ3) is 7.38. The molecule has 1 atom stereocenters. The van der Waals surface area contributed by atoms with Gasteiger partial charge in [0, 0.05) is 37.8 Å². The molecule has 0 aromatic heterocycles. The first-order chi connectivity index (χ1) is 14.4. The molecule has 0 saturated heterocycles. The lowest BCUT2D eigenvalue weighted by Crippen LogP contribution is -2.54. The van der Waals surface area contributed by atoms with Crippen molar-refractivity contribution in [2.24, 2.45) is 5.10 Å². The maximum Gasteiger partial charge on any atom is 0.401 e. The molecule has 1 aliphatic heterocycles. The second-order valence-electron chi connectivity index (χ2n) is 7.33. The number of amides is 1. The number of rotatable bonds is 3. The second kappa shape index (κ2) is 10.7. The van der Waals surface area contributed by atoms with E-state index in [4.69, 9.17) is 23.2 Å². The Morgan fingerprint density at radius 2 is 1.97 bits per heavy atom. The summed E-state index contributed by atoms with van der Waals surface area (Å²) in [7, 11) is 1.70. The molecule has 2 rings (SSSR count). The van der Waals surface area contributed by atoms with Crippen LogP contribution < -0.4 is 0 Å². The van der Waals surface area contributed by atoms with E-state index in [1.807, 2.05) is 6.92 Å². The monoisotopic (exact) mass is 480 g/mol. The minimum absolute atomic E-state index is 0.0401. The van der Waals surface area contributed by atoms with Gasteiger partial charge in [-0.2, -0.15) is 18.3 Å². The van der Waals surface area contributed by atoms with Crippen LogP contribution in [0.5, 0.6) is 0 Å². The van der Waals surface area contributed by atoms with Crippen molar-refractivity contribution in [2.45, 2.75) is 32.3 Å². The third-order valence-corrected chi connectivity index (χ3v) is 5.39. The Hall–Kier alpha value is -1.81. The molecule has 0 aliphatic carbocycles. The van der Waals surface area contributed by atoms with Crippen molar-refractivity contribution >= 4 is 34.8 Å². The predicted molar refractivity (Wildman–Crippen MR) is 115 cm³/mol. The number of carbonyl (C=O) groups is 1. The van der Waals surface area contributed by atoms with Gasteiger partial charge in [0.15, 0.2) is 6.35 Å². The Labute approximate surface area is 189 Å². The number of likely N-dealkylation sites (N-methyl/N-ethyl adjacent to an activating group) is 1. The van der Waals surface area contributed by atoms with Gasteiger partial charge in [0.05, 0.1) is 23.1 Å². The summed E-state index contributed by atoms with van der Waals surface area (Å²) in [4.78, 5) is 14.9. The molecular formula is C20H25Cl2F3N4O2. The molecular weight excluding hydrogens is 456 g/mol. The fraction of sp³-hybridized carbons (Fsp3) is 0.500. The zero-order valence-electron chi connectivity index (χ0n) is 17.3. The van der Waals surface area contributed by atoms with Crippen LogP contribution in [0.1, 0.15) is 30.1 Å². The zero-order chi connectivity index (χ0) is 23.3. The minimum Gasteiger partial charge on any atom is -0.361 e. The number of alkyl halides is 3. The summed E-state index contributed by atoms with van der Waals surface area (Å²) in [5, 5.41) is 17.3. The molecule has 1 amide bonds. The van der Waals surface area contributed by atoms with Crippen LogP contribution in [0.2, 0.25) is 10.0 Å². The lowest BCUT2D eigenvalue weighted by atomic mass is 10.1. The average Bonchev–Trinajstić information content (AvgIpc) is 2.68. The quantitative estimate of drug-likeness (QED) is 0.657. The number of hydrogen-bond acceptors (Lipinski definition) is 5. The van der Waals surface area contributed by atoms with Crippen LogP contribution in [-0.4, -0.2) is 77.3 Å². The summed E-state index contributed by atoms with van der Waals surface area (Å²) >= 11 is 11.9. The fourth-order valence-corrected chi connectivity index (χ4v) is 3.55. The molecule has 0 fully saturated rings. The summed E-state index contributed by atoms with van der Waals surface area (Å²) in [6.07, 6.45) is -5.57. The minimum atomic E-state index is -4.59. The first-order valence-electron chi connectivity index (χ1n) is 9.60. The molecule has 31 heavy (non-hydrogen) atoms. The molecule has 1 aromatic carbocycles. The van der Waals surface area contributed by atoms with E-state index in [0.717, 1.165) is 15.5 Å². The van der Waals surface area contributed by atoms with Crippen LogP contribution >= 0.6 is 23.2 Å². The smallest absolute Gasteiger partial charge is 0.361 e. The van der Waals surface area contributed by atoms with Crippen molar-refractivity contribution in [3.8, 4) is 0 Å². The van der Waals surface area contributed by atoms with Crippen molar-refractivity contribution in [1.29, 1.82) is 0 Å². The average molecular weight is 481 g/mol. The van der Waals surface area contributed by atoms with E-state index < -0.39 is 25.0 Å². The number of hydrazone groups is 1. The van der Waals surface area contributed by atoms with Gasteiger partial charge in [-0.15, -0.1) is 0 Å². The van der Waals surface area contributed by atoms with Crippen LogP contribution in [0.3, 0.4) is 0 Å². The number of benzene rings is 1. The number of hydrogen-bond donors (Lipinski definition) is 1. The maximum absolute atomic E-state index is 13.2. The highest BCUT2D eigenvalue weighted by molar-refractivity contribution is 6.42. The largest absolute Gasteiger partial charge is 0.401 e. The zero-order valence-corrected chi connectivity index (χ0v) is 18.8. The van der Waals surface area contributed by atoms with Gasteiger partial charge in [-0.05, 0) is 30.2 Å². The van der Waals surface area contributed by atoms with Crippen molar-refractivity contribution in [1.82, 2.24) is 14.8 Å². The van der Waals surface area contributed by atoms with E-state index in [1.54, 1.807) is 12.1 Å². The van der Waals surface area contributed by atoms with Gasteiger partial charge in [0.1, 0.15) is 0 Å². The van der Waals surface area contributed by atoms with E-state index >= 15 is 0 Å². The molecule has 0 radical (unpaired) electrons. The molecule has 1 aliphatic rings. The molecule has 0 spiro atoms. The third-order valence-electron chi connectivity index (χ3n) is 4.66. The Kier molecular flexibility index (Phi) is 8.76. The van der Waals surface area contributed by atoms with Crippen molar-refractivity contribution in [3.05, 3.63) is 46.0 Å². The summed E-state index contributed by atoms with van der Waals surface area (Å²) in [5.41, 5.74) is 1.24. The highest BCUT2D eigenvalue weighted by Crippen LogP contribution is 2.25. The molecule has 172 valence electrons. The number of aliphatic hydroxyl groups excluding tert-OH is 1. The van der Waals surface area contributed by atoms with Crippen LogP contribution in [-0.2, 0) is 0 Å². The molecule has 1 N–H and O–H groups in total.